The van der Waals surface area contributed by atoms with Crippen LogP contribution in [0.1, 0.15) is 5.56 Å². The monoisotopic (exact) mass is 387 g/mol. The second kappa shape index (κ2) is 9.96. The van der Waals surface area contributed by atoms with Gasteiger partial charge < -0.3 is 10.1 Å². The first-order valence-corrected chi connectivity index (χ1v) is 10.5. The fraction of sp³-hybridized carbons (Fsp3) is 0.588. The van der Waals surface area contributed by atoms with Crippen molar-refractivity contribution >= 4 is 15.9 Å². The largest absolute Gasteiger partial charge is 0.379 e. The smallest absolute Gasteiger partial charge is 0.224 e. The second-order valence-corrected chi connectivity index (χ2v) is 8.22. The van der Waals surface area contributed by atoms with E-state index < -0.39 is 15.8 Å². The molecule has 1 fully saturated rings. The summed E-state index contributed by atoms with van der Waals surface area (Å²) in [6.45, 7) is 4.25. The van der Waals surface area contributed by atoms with Crippen molar-refractivity contribution in [1.82, 2.24) is 14.5 Å². The van der Waals surface area contributed by atoms with E-state index in [4.69, 9.17) is 4.74 Å². The highest BCUT2D eigenvalue weighted by Crippen LogP contribution is 2.07. The standard InChI is InChI=1S/C17H26FN3O4S/c1-26(23,24)21(9-8-20-10-12-25-13-11-20)7-6-19-17(22)14-15-4-2-3-5-16(15)18/h2-5H,6-14H2,1H3,(H,19,22). The first kappa shape index (κ1) is 20.8. The van der Waals surface area contributed by atoms with E-state index >= 15 is 0 Å². The Balaban J connectivity index is 1.77. The van der Waals surface area contributed by atoms with Crippen LogP contribution < -0.4 is 5.32 Å². The zero-order valence-corrected chi connectivity index (χ0v) is 15.8. The third-order valence-electron chi connectivity index (χ3n) is 4.23. The number of carbonyl (C=O) groups excluding carboxylic acids is 1. The lowest BCUT2D eigenvalue weighted by atomic mass is 10.1. The Labute approximate surface area is 154 Å². The molecule has 1 aromatic rings. The van der Waals surface area contributed by atoms with Crippen molar-refractivity contribution in [3.05, 3.63) is 35.6 Å². The number of hydrogen-bond donors (Lipinski definition) is 1. The molecule has 1 amide bonds. The molecule has 1 aliphatic heterocycles. The molecule has 1 aliphatic rings. The SMILES string of the molecule is CS(=O)(=O)N(CCNC(=O)Cc1ccccc1F)CCN1CCOCC1. The minimum atomic E-state index is -3.37. The highest BCUT2D eigenvalue weighted by Gasteiger charge is 2.19. The summed E-state index contributed by atoms with van der Waals surface area (Å²) in [4.78, 5) is 14.1. The second-order valence-electron chi connectivity index (χ2n) is 6.23. The number of carbonyl (C=O) groups is 1. The number of amides is 1. The number of nitrogens with one attached hydrogen (secondary N) is 1. The van der Waals surface area contributed by atoms with E-state index in [-0.39, 0.29) is 25.4 Å². The molecule has 1 N–H and O–H groups in total. The highest BCUT2D eigenvalue weighted by atomic mass is 32.2. The molecule has 146 valence electrons. The molecule has 1 aromatic carbocycles. The maximum Gasteiger partial charge on any atom is 0.224 e. The van der Waals surface area contributed by atoms with Crippen molar-refractivity contribution < 1.29 is 22.3 Å². The van der Waals surface area contributed by atoms with Crippen molar-refractivity contribution in [2.24, 2.45) is 0 Å². The van der Waals surface area contributed by atoms with E-state index in [1.165, 1.54) is 10.4 Å². The van der Waals surface area contributed by atoms with Crippen LogP contribution >= 0.6 is 0 Å². The summed E-state index contributed by atoms with van der Waals surface area (Å²) in [7, 11) is -3.37. The van der Waals surface area contributed by atoms with Crippen LogP contribution in [0.3, 0.4) is 0 Å². The Morgan fingerprint density at radius 1 is 1.27 bits per heavy atom. The fourth-order valence-corrected chi connectivity index (χ4v) is 3.55. The van der Waals surface area contributed by atoms with Gasteiger partial charge in [0.25, 0.3) is 0 Å². The summed E-state index contributed by atoms with van der Waals surface area (Å²) >= 11 is 0. The first-order chi connectivity index (χ1) is 12.4. The van der Waals surface area contributed by atoms with Crippen molar-refractivity contribution in [2.75, 3.05) is 58.7 Å². The van der Waals surface area contributed by atoms with Gasteiger partial charge >= 0.3 is 0 Å². The number of sulfonamides is 1. The Bertz CT molecular complexity index is 693. The molecule has 0 aliphatic carbocycles. The van der Waals surface area contributed by atoms with Gasteiger partial charge in [0, 0.05) is 39.3 Å². The Hall–Kier alpha value is -1.55. The molecule has 0 aromatic heterocycles. The van der Waals surface area contributed by atoms with Crippen molar-refractivity contribution in [3.63, 3.8) is 0 Å². The quantitative estimate of drug-likeness (QED) is 0.649. The number of ether oxygens (including phenoxy) is 1. The van der Waals surface area contributed by atoms with E-state index in [1.54, 1.807) is 18.2 Å². The molecule has 0 spiro atoms. The maximum absolute atomic E-state index is 13.6. The summed E-state index contributed by atoms with van der Waals surface area (Å²) in [6.07, 6.45) is 1.09. The number of hydrogen-bond acceptors (Lipinski definition) is 5. The molecule has 0 radical (unpaired) electrons. The van der Waals surface area contributed by atoms with E-state index in [1.807, 2.05) is 0 Å². The van der Waals surface area contributed by atoms with E-state index in [9.17, 15) is 17.6 Å². The molecule has 9 heteroatoms. The Kier molecular flexibility index (Phi) is 7.95. The van der Waals surface area contributed by atoms with E-state index in [2.05, 4.69) is 10.2 Å². The lowest BCUT2D eigenvalue weighted by molar-refractivity contribution is -0.120. The predicted octanol–water partition coefficient (Wildman–Crippen LogP) is 0.0782. The molecule has 1 heterocycles. The van der Waals surface area contributed by atoms with E-state index in [0.717, 1.165) is 19.3 Å². The predicted molar refractivity (Wildman–Crippen MR) is 96.8 cm³/mol. The van der Waals surface area contributed by atoms with Crippen molar-refractivity contribution in [2.45, 2.75) is 6.42 Å². The van der Waals surface area contributed by atoms with Gasteiger partial charge in [0.2, 0.25) is 15.9 Å². The molecule has 0 unspecified atom stereocenters. The summed E-state index contributed by atoms with van der Waals surface area (Å²) in [6, 6.07) is 6.09. The number of rotatable bonds is 9. The van der Waals surface area contributed by atoms with Gasteiger partial charge in [0.05, 0.1) is 25.9 Å². The van der Waals surface area contributed by atoms with Gasteiger partial charge in [-0.25, -0.2) is 12.8 Å². The molecular formula is C17H26FN3O4S. The topological polar surface area (TPSA) is 79.0 Å². The third-order valence-corrected chi connectivity index (χ3v) is 5.53. The number of benzene rings is 1. The van der Waals surface area contributed by atoms with Gasteiger partial charge in [-0.15, -0.1) is 0 Å². The van der Waals surface area contributed by atoms with Crippen LogP contribution in [0.15, 0.2) is 24.3 Å². The minimum absolute atomic E-state index is 0.0701. The van der Waals surface area contributed by atoms with Gasteiger partial charge in [-0.3, -0.25) is 9.69 Å². The maximum atomic E-state index is 13.6. The normalized spacial score (nSPS) is 16.0. The van der Waals surface area contributed by atoms with Crippen LogP contribution in [0.25, 0.3) is 0 Å². The molecule has 0 atom stereocenters. The molecule has 7 nitrogen and oxygen atoms in total. The van der Waals surface area contributed by atoms with Crippen LogP contribution in [0, 0.1) is 5.82 Å². The van der Waals surface area contributed by atoms with Gasteiger partial charge in [-0.2, -0.15) is 4.31 Å². The van der Waals surface area contributed by atoms with Gasteiger partial charge in [-0.1, -0.05) is 18.2 Å². The lowest BCUT2D eigenvalue weighted by Gasteiger charge is -2.29. The number of morpholine rings is 1. The van der Waals surface area contributed by atoms with Gasteiger partial charge in [-0.05, 0) is 11.6 Å². The minimum Gasteiger partial charge on any atom is -0.379 e. The summed E-state index contributed by atoms with van der Waals surface area (Å²) in [5.41, 5.74) is 0.317. The zero-order chi connectivity index (χ0) is 19.0. The average molecular weight is 387 g/mol. The van der Waals surface area contributed by atoms with E-state index in [0.29, 0.717) is 31.9 Å². The lowest BCUT2D eigenvalue weighted by Crippen LogP contribution is -2.45. The van der Waals surface area contributed by atoms with Gasteiger partial charge in [0.1, 0.15) is 5.82 Å². The zero-order valence-electron chi connectivity index (χ0n) is 15.0. The van der Waals surface area contributed by atoms with Crippen molar-refractivity contribution in [1.29, 1.82) is 0 Å². The third kappa shape index (κ3) is 6.99. The van der Waals surface area contributed by atoms with Crippen LogP contribution in [0.2, 0.25) is 0 Å². The average Bonchev–Trinajstić information content (AvgIpc) is 2.60. The molecular weight excluding hydrogens is 361 g/mol. The molecule has 2 rings (SSSR count). The Morgan fingerprint density at radius 3 is 2.62 bits per heavy atom. The summed E-state index contributed by atoms with van der Waals surface area (Å²) < 4.78 is 44.1. The summed E-state index contributed by atoms with van der Waals surface area (Å²) in [5, 5.41) is 2.65. The van der Waals surface area contributed by atoms with Crippen molar-refractivity contribution in [3.8, 4) is 0 Å². The number of halogens is 1. The fourth-order valence-electron chi connectivity index (χ4n) is 2.72. The van der Waals surface area contributed by atoms with Crippen LogP contribution in [0.5, 0.6) is 0 Å². The van der Waals surface area contributed by atoms with Crippen LogP contribution in [0.4, 0.5) is 4.39 Å². The summed E-state index contributed by atoms with van der Waals surface area (Å²) in [5.74, 6) is -0.761. The molecule has 0 bridgehead atoms. The molecule has 26 heavy (non-hydrogen) atoms. The first-order valence-electron chi connectivity index (χ1n) is 8.61. The van der Waals surface area contributed by atoms with Crippen LogP contribution in [-0.4, -0.2) is 82.3 Å². The molecule has 0 saturated carbocycles. The van der Waals surface area contributed by atoms with Gasteiger partial charge in [0.15, 0.2) is 0 Å². The van der Waals surface area contributed by atoms with Crippen LogP contribution in [-0.2, 0) is 26.0 Å². The Morgan fingerprint density at radius 2 is 1.96 bits per heavy atom. The molecule has 1 saturated heterocycles. The highest BCUT2D eigenvalue weighted by molar-refractivity contribution is 7.88. The number of nitrogens with zero attached hydrogens (tertiary/aromatic N) is 2.